The normalized spacial score (nSPS) is 19.0. The first-order valence-corrected chi connectivity index (χ1v) is 8.40. The molecule has 0 spiro atoms. The van der Waals surface area contributed by atoms with E-state index in [0.29, 0.717) is 0 Å². The molecule has 3 rings (SSSR count). The minimum Gasteiger partial charge on any atom is -0.372 e. The molecule has 2 atom stereocenters. The van der Waals surface area contributed by atoms with Gasteiger partial charge >= 0.3 is 0 Å². The number of hydrogen-bond acceptors (Lipinski definition) is 3. The number of thioether (sulfide) groups is 1. The predicted octanol–water partition coefficient (Wildman–Crippen LogP) is 4.11. The second kappa shape index (κ2) is 6.65. The predicted molar refractivity (Wildman–Crippen MR) is 88.6 cm³/mol. The molecule has 0 radical (unpaired) electrons. The molecule has 0 saturated heterocycles. The highest BCUT2D eigenvalue weighted by Gasteiger charge is 2.20. The van der Waals surface area contributed by atoms with Gasteiger partial charge in [-0.05, 0) is 42.2 Å². The second-order valence-electron chi connectivity index (χ2n) is 5.48. The summed E-state index contributed by atoms with van der Waals surface area (Å²) in [6, 6.07) is 17.2. The molecule has 0 aromatic heterocycles. The molecule has 2 N–H and O–H groups in total. The number of ether oxygens (including phenoxy) is 1. The first-order chi connectivity index (χ1) is 10.2. The highest BCUT2D eigenvalue weighted by molar-refractivity contribution is 7.99. The molecule has 0 fully saturated rings. The fourth-order valence-corrected chi connectivity index (χ4v) is 3.69. The summed E-state index contributed by atoms with van der Waals surface area (Å²) in [4.78, 5) is 1.26. The van der Waals surface area contributed by atoms with Gasteiger partial charge in [0.05, 0.1) is 12.7 Å². The molecular formula is C18H21NOS. The van der Waals surface area contributed by atoms with Gasteiger partial charge in [0.15, 0.2) is 0 Å². The van der Waals surface area contributed by atoms with Crippen molar-refractivity contribution in [3.63, 3.8) is 0 Å². The van der Waals surface area contributed by atoms with Gasteiger partial charge in [0.25, 0.3) is 0 Å². The van der Waals surface area contributed by atoms with Gasteiger partial charge in [-0.2, -0.15) is 0 Å². The van der Waals surface area contributed by atoms with Gasteiger partial charge in [-0.25, -0.2) is 0 Å². The van der Waals surface area contributed by atoms with Crippen molar-refractivity contribution in [3.8, 4) is 0 Å². The first kappa shape index (κ1) is 14.6. The van der Waals surface area contributed by atoms with E-state index in [1.165, 1.54) is 21.6 Å². The van der Waals surface area contributed by atoms with Crippen LogP contribution in [0.15, 0.2) is 53.4 Å². The largest absolute Gasteiger partial charge is 0.372 e. The lowest BCUT2D eigenvalue weighted by Crippen LogP contribution is -2.17. The second-order valence-corrected chi connectivity index (χ2v) is 6.57. The van der Waals surface area contributed by atoms with Crippen LogP contribution < -0.4 is 5.73 Å². The Morgan fingerprint density at radius 1 is 1.24 bits per heavy atom. The Kier molecular flexibility index (Phi) is 4.63. The summed E-state index contributed by atoms with van der Waals surface area (Å²) >= 11 is 1.84. The molecule has 0 saturated carbocycles. The summed E-state index contributed by atoms with van der Waals surface area (Å²) in [6.07, 6.45) is 1.22. The molecule has 2 aromatic rings. The van der Waals surface area contributed by atoms with Crippen LogP contribution in [0.5, 0.6) is 0 Å². The van der Waals surface area contributed by atoms with Gasteiger partial charge in [-0.3, -0.25) is 0 Å². The van der Waals surface area contributed by atoms with Crippen molar-refractivity contribution in [1.82, 2.24) is 0 Å². The Morgan fingerprint density at radius 3 is 2.95 bits per heavy atom. The van der Waals surface area contributed by atoms with E-state index in [1.807, 2.05) is 18.7 Å². The summed E-state index contributed by atoms with van der Waals surface area (Å²) < 4.78 is 5.96. The number of hydrogen-bond donors (Lipinski definition) is 1. The van der Waals surface area contributed by atoms with Gasteiger partial charge in [0.1, 0.15) is 0 Å². The Hall–Kier alpha value is -1.29. The number of benzene rings is 2. The van der Waals surface area contributed by atoms with Gasteiger partial charge in [0, 0.05) is 16.7 Å². The Labute approximate surface area is 130 Å². The summed E-state index contributed by atoms with van der Waals surface area (Å²) in [5.74, 6) is 0.944. The fraction of sp³-hybridized carbons (Fsp3) is 0.333. The quantitative estimate of drug-likeness (QED) is 0.863. The van der Waals surface area contributed by atoms with E-state index in [1.54, 1.807) is 0 Å². The molecule has 1 aliphatic rings. The average molecular weight is 299 g/mol. The molecule has 1 aliphatic heterocycles. The van der Waals surface area contributed by atoms with Crippen LogP contribution in [0.4, 0.5) is 0 Å². The van der Waals surface area contributed by atoms with Crippen LogP contribution in [0.3, 0.4) is 0 Å². The van der Waals surface area contributed by atoms with Crippen molar-refractivity contribution in [1.29, 1.82) is 0 Å². The molecule has 2 unspecified atom stereocenters. The van der Waals surface area contributed by atoms with Crippen LogP contribution in [0.25, 0.3) is 0 Å². The van der Waals surface area contributed by atoms with E-state index < -0.39 is 0 Å². The lowest BCUT2D eigenvalue weighted by atomic mass is 9.99. The molecule has 2 nitrogen and oxygen atoms in total. The molecular weight excluding hydrogens is 278 g/mol. The van der Waals surface area contributed by atoms with Crippen LogP contribution in [0.2, 0.25) is 0 Å². The summed E-state index contributed by atoms with van der Waals surface area (Å²) in [5, 5.41) is 0. The Bertz CT molecular complexity index is 612. The Morgan fingerprint density at radius 2 is 2.10 bits per heavy atom. The molecule has 3 heteroatoms. The molecule has 110 valence electrons. The van der Waals surface area contributed by atoms with Gasteiger partial charge in [-0.1, -0.05) is 36.4 Å². The first-order valence-electron chi connectivity index (χ1n) is 7.42. The highest BCUT2D eigenvalue weighted by atomic mass is 32.2. The van der Waals surface area contributed by atoms with Gasteiger partial charge < -0.3 is 10.5 Å². The zero-order chi connectivity index (χ0) is 14.7. The van der Waals surface area contributed by atoms with E-state index in [9.17, 15) is 0 Å². The fourth-order valence-electron chi connectivity index (χ4n) is 2.67. The minimum atomic E-state index is 0.0807. The van der Waals surface area contributed by atoms with Crippen molar-refractivity contribution >= 4 is 11.8 Å². The standard InChI is InChI=1S/C18H21NOS/c1-13(19)15-6-4-7-16(11-15)21-12-18-17-8-3-2-5-14(17)9-10-20-18/h2-8,11,13,18H,9-10,12,19H2,1H3. The Balaban J connectivity index is 1.70. The van der Waals surface area contributed by atoms with E-state index in [4.69, 9.17) is 10.5 Å². The molecule has 0 bridgehead atoms. The van der Waals surface area contributed by atoms with Crippen LogP contribution in [0, 0.1) is 0 Å². The monoisotopic (exact) mass is 299 g/mol. The van der Waals surface area contributed by atoms with Gasteiger partial charge in [0.2, 0.25) is 0 Å². The summed E-state index contributed by atoms with van der Waals surface area (Å²) in [7, 11) is 0. The molecule has 1 heterocycles. The maximum Gasteiger partial charge on any atom is 0.0921 e. The van der Waals surface area contributed by atoms with E-state index in [2.05, 4.69) is 48.5 Å². The summed E-state index contributed by atoms with van der Waals surface area (Å²) in [6.45, 7) is 2.84. The maximum absolute atomic E-state index is 5.96. The number of nitrogens with two attached hydrogens (primary N) is 1. The van der Waals surface area contributed by atoms with Crippen LogP contribution >= 0.6 is 11.8 Å². The van der Waals surface area contributed by atoms with Crippen molar-refractivity contribution in [3.05, 3.63) is 65.2 Å². The van der Waals surface area contributed by atoms with Crippen molar-refractivity contribution < 1.29 is 4.74 Å². The van der Waals surface area contributed by atoms with Crippen molar-refractivity contribution in [2.45, 2.75) is 30.4 Å². The lowest BCUT2D eigenvalue weighted by Gasteiger charge is -2.25. The van der Waals surface area contributed by atoms with Crippen LogP contribution in [-0.2, 0) is 11.2 Å². The molecule has 0 aliphatic carbocycles. The number of fused-ring (bicyclic) bond motifs is 1. The third-order valence-electron chi connectivity index (χ3n) is 3.88. The maximum atomic E-state index is 5.96. The number of rotatable bonds is 4. The van der Waals surface area contributed by atoms with Crippen molar-refractivity contribution in [2.75, 3.05) is 12.4 Å². The lowest BCUT2D eigenvalue weighted by molar-refractivity contribution is 0.0588. The van der Waals surface area contributed by atoms with Crippen LogP contribution in [0.1, 0.15) is 35.8 Å². The van der Waals surface area contributed by atoms with E-state index in [0.717, 1.165) is 18.8 Å². The molecule has 21 heavy (non-hydrogen) atoms. The third kappa shape index (κ3) is 3.49. The molecule has 2 aromatic carbocycles. The summed E-state index contributed by atoms with van der Waals surface area (Å²) in [5.41, 5.74) is 9.91. The van der Waals surface area contributed by atoms with Crippen LogP contribution in [-0.4, -0.2) is 12.4 Å². The topological polar surface area (TPSA) is 35.2 Å². The minimum absolute atomic E-state index is 0.0807. The average Bonchev–Trinajstić information content (AvgIpc) is 2.53. The zero-order valence-corrected chi connectivity index (χ0v) is 13.1. The van der Waals surface area contributed by atoms with Gasteiger partial charge in [-0.15, -0.1) is 11.8 Å². The zero-order valence-electron chi connectivity index (χ0n) is 12.3. The third-order valence-corrected chi connectivity index (χ3v) is 4.93. The highest BCUT2D eigenvalue weighted by Crippen LogP contribution is 2.32. The molecule has 0 amide bonds. The smallest absolute Gasteiger partial charge is 0.0921 e. The van der Waals surface area contributed by atoms with E-state index >= 15 is 0 Å². The van der Waals surface area contributed by atoms with Crippen molar-refractivity contribution in [2.24, 2.45) is 5.73 Å². The van der Waals surface area contributed by atoms with E-state index in [-0.39, 0.29) is 12.1 Å². The SMILES string of the molecule is CC(N)c1cccc(SCC2OCCc3ccccc32)c1.